The summed E-state index contributed by atoms with van der Waals surface area (Å²) in [5, 5.41) is 48.5. The molecule has 5 N–H and O–H groups in total. The Bertz CT molecular complexity index is 539. The van der Waals surface area contributed by atoms with Crippen LogP contribution in [0.4, 0.5) is 0 Å². The molecule has 1 aliphatic heterocycles. The van der Waals surface area contributed by atoms with E-state index in [2.05, 4.69) is 19.6 Å². The summed E-state index contributed by atoms with van der Waals surface area (Å²) >= 11 is 0. The minimum Gasteiger partial charge on any atom is -0.394 e. The highest BCUT2D eigenvalue weighted by Gasteiger charge is 2.43. The Balaban J connectivity index is 2.39. The molecule has 0 saturated carbocycles. The van der Waals surface area contributed by atoms with E-state index in [-0.39, 0.29) is 6.61 Å². The van der Waals surface area contributed by atoms with E-state index in [9.17, 15) is 25.5 Å². The number of hydrogen-bond donors (Lipinski definition) is 5. The van der Waals surface area contributed by atoms with Crippen LogP contribution in [0.5, 0.6) is 0 Å². The number of allylic oxidation sites excluding steroid dienone is 3. The second-order valence-corrected chi connectivity index (χ2v) is 7.75. The minimum atomic E-state index is -1.44. The fourth-order valence-corrected chi connectivity index (χ4v) is 2.84. The lowest BCUT2D eigenvalue weighted by atomic mass is 9.99. The van der Waals surface area contributed by atoms with Gasteiger partial charge in [0.1, 0.15) is 24.4 Å². The minimum absolute atomic E-state index is 0.202. The molecule has 0 spiro atoms. The summed E-state index contributed by atoms with van der Waals surface area (Å²) in [7, 11) is 0. The first kappa shape index (κ1) is 25.0. The van der Waals surface area contributed by atoms with Crippen LogP contribution in [0.1, 0.15) is 46.5 Å². The zero-order valence-electron chi connectivity index (χ0n) is 17.1. The van der Waals surface area contributed by atoms with Gasteiger partial charge in [0, 0.05) is 0 Å². The second kappa shape index (κ2) is 11.8. The summed E-state index contributed by atoms with van der Waals surface area (Å²) in [5.41, 5.74) is 1.34. The summed E-state index contributed by atoms with van der Waals surface area (Å²) < 4.78 is 10.8. The SMILES string of the molecule is C=CC(C)(O)CC/C=C(\C)CC/C=C(\C)CO[C@@H]1O[C@H](CO)[C@@H](O)[C@H](O)[C@H]1O. The number of aliphatic hydroxyl groups is 5. The Kier molecular flexibility index (Phi) is 10.5. The van der Waals surface area contributed by atoms with Gasteiger partial charge in [0.25, 0.3) is 0 Å². The van der Waals surface area contributed by atoms with Gasteiger partial charge in [-0.1, -0.05) is 29.4 Å². The first-order valence-electron chi connectivity index (χ1n) is 9.70. The van der Waals surface area contributed by atoms with Gasteiger partial charge in [0.15, 0.2) is 6.29 Å². The van der Waals surface area contributed by atoms with Crippen molar-refractivity contribution in [2.45, 2.75) is 82.8 Å². The Morgan fingerprint density at radius 1 is 1.07 bits per heavy atom. The van der Waals surface area contributed by atoms with Crippen LogP contribution in [0.2, 0.25) is 0 Å². The van der Waals surface area contributed by atoms with Gasteiger partial charge in [0.2, 0.25) is 0 Å². The smallest absolute Gasteiger partial charge is 0.187 e. The molecule has 162 valence electrons. The van der Waals surface area contributed by atoms with E-state index in [0.717, 1.165) is 24.8 Å². The molecule has 0 aromatic heterocycles. The van der Waals surface area contributed by atoms with E-state index in [1.165, 1.54) is 5.57 Å². The fourth-order valence-electron chi connectivity index (χ4n) is 2.84. The van der Waals surface area contributed by atoms with Crippen molar-refractivity contribution < 1.29 is 35.0 Å². The Hall–Kier alpha value is -1.06. The lowest BCUT2D eigenvalue weighted by Gasteiger charge is -2.39. The summed E-state index contributed by atoms with van der Waals surface area (Å²) in [6.45, 7) is 9.03. The lowest BCUT2D eigenvalue weighted by Crippen LogP contribution is -2.59. The third-order valence-corrected chi connectivity index (χ3v) is 4.94. The number of aliphatic hydroxyl groups excluding tert-OH is 4. The molecule has 1 fully saturated rings. The van der Waals surface area contributed by atoms with Gasteiger partial charge in [0.05, 0.1) is 18.8 Å². The van der Waals surface area contributed by atoms with Gasteiger partial charge in [-0.15, -0.1) is 6.58 Å². The van der Waals surface area contributed by atoms with Gasteiger partial charge in [-0.25, -0.2) is 0 Å². The Morgan fingerprint density at radius 2 is 1.71 bits per heavy atom. The molecule has 0 aliphatic carbocycles. The van der Waals surface area contributed by atoms with Crippen molar-refractivity contribution in [3.8, 4) is 0 Å². The summed E-state index contributed by atoms with van der Waals surface area (Å²) in [6, 6.07) is 0. The van der Waals surface area contributed by atoms with Crippen LogP contribution in [-0.4, -0.2) is 75.1 Å². The van der Waals surface area contributed by atoms with Crippen LogP contribution in [0, 0.1) is 0 Å². The number of ether oxygens (including phenoxy) is 2. The molecule has 0 radical (unpaired) electrons. The normalized spacial score (nSPS) is 31.5. The van der Waals surface area contributed by atoms with Gasteiger partial charge in [-0.3, -0.25) is 0 Å². The molecule has 6 atom stereocenters. The molecule has 0 bridgehead atoms. The molecule has 1 unspecified atom stereocenters. The molecule has 1 rings (SSSR count). The highest BCUT2D eigenvalue weighted by molar-refractivity contribution is 5.05. The maximum Gasteiger partial charge on any atom is 0.187 e. The molecule has 7 nitrogen and oxygen atoms in total. The second-order valence-electron chi connectivity index (χ2n) is 7.75. The van der Waals surface area contributed by atoms with E-state index in [1.807, 2.05) is 13.0 Å². The summed E-state index contributed by atoms with van der Waals surface area (Å²) in [6.07, 6.45) is 2.53. The lowest BCUT2D eigenvalue weighted by molar-refractivity contribution is -0.299. The molecular formula is C21H36O7. The van der Waals surface area contributed by atoms with Crippen molar-refractivity contribution in [2.24, 2.45) is 0 Å². The fraction of sp³-hybridized carbons (Fsp3) is 0.714. The maximum absolute atomic E-state index is 9.95. The van der Waals surface area contributed by atoms with Crippen molar-refractivity contribution >= 4 is 0 Å². The zero-order chi connectivity index (χ0) is 21.3. The van der Waals surface area contributed by atoms with E-state index in [4.69, 9.17) is 9.47 Å². The van der Waals surface area contributed by atoms with Crippen LogP contribution in [0.3, 0.4) is 0 Å². The molecule has 28 heavy (non-hydrogen) atoms. The summed E-state index contributed by atoms with van der Waals surface area (Å²) in [4.78, 5) is 0. The molecule has 1 saturated heterocycles. The van der Waals surface area contributed by atoms with E-state index < -0.39 is 42.9 Å². The first-order chi connectivity index (χ1) is 13.1. The van der Waals surface area contributed by atoms with Crippen molar-refractivity contribution in [3.05, 3.63) is 36.0 Å². The van der Waals surface area contributed by atoms with E-state index in [0.29, 0.717) is 6.42 Å². The van der Waals surface area contributed by atoms with Gasteiger partial charge in [-0.05, 0) is 46.5 Å². The molecule has 1 aliphatic rings. The third-order valence-electron chi connectivity index (χ3n) is 4.94. The Labute approximate surface area is 167 Å². The first-order valence-corrected chi connectivity index (χ1v) is 9.70. The highest BCUT2D eigenvalue weighted by Crippen LogP contribution is 2.22. The average molecular weight is 401 g/mol. The van der Waals surface area contributed by atoms with Crippen LogP contribution in [0.25, 0.3) is 0 Å². The van der Waals surface area contributed by atoms with Crippen LogP contribution >= 0.6 is 0 Å². The third kappa shape index (κ3) is 8.13. The standard InChI is InChI=1S/C21H36O7/c1-5-21(4,26)11-7-10-14(2)8-6-9-15(3)13-27-20-19(25)18(24)17(23)16(12-22)28-20/h5,9-10,16-20,22-26H,1,6-8,11-13H2,2-4H3/b14-10+,15-9+/t16-,17-,18+,19-,20-,21?/m1/s1. The summed E-state index contributed by atoms with van der Waals surface area (Å²) in [5.74, 6) is 0. The predicted molar refractivity (Wildman–Crippen MR) is 107 cm³/mol. The monoisotopic (exact) mass is 400 g/mol. The molecular weight excluding hydrogens is 364 g/mol. The Morgan fingerprint density at radius 3 is 2.32 bits per heavy atom. The maximum atomic E-state index is 9.95. The topological polar surface area (TPSA) is 120 Å². The molecule has 0 aromatic rings. The van der Waals surface area contributed by atoms with Crippen molar-refractivity contribution in [1.82, 2.24) is 0 Å². The number of hydrogen-bond acceptors (Lipinski definition) is 7. The zero-order valence-corrected chi connectivity index (χ0v) is 17.1. The number of rotatable bonds is 11. The van der Waals surface area contributed by atoms with Crippen molar-refractivity contribution in [1.29, 1.82) is 0 Å². The van der Waals surface area contributed by atoms with Gasteiger partial charge < -0.3 is 35.0 Å². The largest absolute Gasteiger partial charge is 0.394 e. The van der Waals surface area contributed by atoms with Gasteiger partial charge in [-0.2, -0.15) is 0 Å². The molecule has 1 heterocycles. The van der Waals surface area contributed by atoms with Gasteiger partial charge >= 0.3 is 0 Å². The molecule has 7 heteroatoms. The van der Waals surface area contributed by atoms with Crippen LogP contribution < -0.4 is 0 Å². The predicted octanol–water partition coefficient (Wildman–Crippen LogP) is 1.19. The van der Waals surface area contributed by atoms with Crippen LogP contribution in [0.15, 0.2) is 36.0 Å². The molecule has 0 amide bonds. The molecule has 0 aromatic carbocycles. The quantitative estimate of drug-likeness (QED) is 0.331. The average Bonchev–Trinajstić information content (AvgIpc) is 2.65. The van der Waals surface area contributed by atoms with E-state index >= 15 is 0 Å². The van der Waals surface area contributed by atoms with Crippen molar-refractivity contribution in [3.63, 3.8) is 0 Å². The van der Waals surface area contributed by atoms with Crippen molar-refractivity contribution in [2.75, 3.05) is 13.2 Å². The van der Waals surface area contributed by atoms with E-state index in [1.54, 1.807) is 13.0 Å². The van der Waals surface area contributed by atoms with Crippen LogP contribution in [-0.2, 0) is 9.47 Å². The highest BCUT2D eigenvalue weighted by atomic mass is 16.7.